The van der Waals surface area contributed by atoms with E-state index in [4.69, 9.17) is 14.1 Å². The minimum Gasteiger partial charge on any atom is -0.431 e. The van der Waals surface area contributed by atoms with Gasteiger partial charge in [0, 0.05) is 32.4 Å². The number of H-pyrrole nitrogens is 1. The number of para-hydroxylation sites is 2. The summed E-state index contributed by atoms with van der Waals surface area (Å²) in [5, 5.41) is 0.625. The normalized spacial score (nSPS) is 19.8. The summed E-state index contributed by atoms with van der Waals surface area (Å²) in [6, 6.07) is 7.69. The summed E-state index contributed by atoms with van der Waals surface area (Å²) < 4.78 is 15.1. The van der Waals surface area contributed by atoms with E-state index in [1.54, 1.807) is 18.8 Å². The van der Waals surface area contributed by atoms with Crippen molar-refractivity contribution in [2.24, 2.45) is 13.0 Å². The van der Waals surface area contributed by atoms with E-state index >= 15 is 0 Å². The van der Waals surface area contributed by atoms with Crippen LogP contribution in [0.5, 0.6) is 0 Å². The molecule has 1 aliphatic heterocycles. The number of morpholine rings is 1. The SMILES string of the molecule is C[C@H](CSc1nc2ccccc2o1)Cn1c(N2C[C@@H](C)O[C@@H](C)C2)nc2c1c(=O)[nH]c(=O)n2C. The lowest BCUT2D eigenvalue weighted by molar-refractivity contribution is -0.00590. The molecule has 3 atom stereocenters. The Labute approximate surface area is 199 Å². The number of nitrogens with one attached hydrogen (secondary N) is 1. The minimum atomic E-state index is -0.475. The average molecular weight is 485 g/mol. The van der Waals surface area contributed by atoms with E-state index in [2.05, 4.69) is 21.8 Å². The zero-order valence-electron chi connectivity index (χ0n) is 19.6. The van der Waals surface area contributed by atoms with Gasteiger partial charge in [0.2, 0.25) is 5.95 Å². The first kappa shape index (κ1) is 22.7. The third-order valence-electron chi connectivity index (χ3n) is 5.95. The maximum atomic E-state index is 12.9. The Morgan fingerprint density at radius 1 is 1.18 bits per heavy atom. The van der Waals surface area contributed by atoms with Gasteiger partial charge in [-0.25, -0.2) is 9.78 Å². The Hall–Kier alpha value is -3.05. The van der Waals surface area contributed by atoms with E-state index in [0.29, 0.717) is 42.0 Å². The summed E-state index contributed by atoms with van der Waals surface area (Å²) in [5.74, 6) is 1.59. The molecule has 0 aliphatic carbocycles. The van der Waals surface area contributed by atoms with Gasteiger partial charge in [0.15, 0.2) is 16.7 Å². The Morgan fingerprint density at radius 3 is 2.65 bits per heavy atom. The molecule has 4 aromatic rings. The van der Waals surface area contributed by atoms with Crippen molar-refractivity contribution >= 4 is 40.0 Å². The number of aromatic nitrogens is 5. The van der Waals surface area contributed by atoms with Gasteiger partial charge in [-0.05, 0) is 31.9 Å². The van der Waals surface area contributed by atoms with Gasteiger partial charge in [-0.1, -0.05) is 30.8 Å². The third-order valence-corrected chi connectivity index (χ3v) is 7.11. The molecule has 0 radical (unpaired) electrons. The van der Waals surface area contributed by atoms with Gasteiger partial charge in [-0.2, -0.15) is 4.98 Å². The molecule has 1 aliphatic rings. The summed E-state index contributed by atoms with van der Waals surface area (Å²) >= 11 is 1.55. The molecule has 0 spiro atoms. The van der Waals surface area contributed by atoms with Crippen molar-refractivity contribution in [3.63, 3.8) is 0 Å². The van der Waals surface area contributed by atoms with Crippen LogP contribution < -0.4 is 16.1 Å². The van der Waals surface area contributed by atoms with Crippen LogP contribution in [-0.4, -0.2) is 55.1 Å². The number of rotatable bonds is 6. The maximum absolute atomic E-state index is 12.9. The largest absolute Gasteiger partial charge is 0.431 e. The quantitative estimate of drug-likeness (QED) is 0.416. The number of imidazole rings is 1. The van der Waals surface area contributed by atoms with Crippen LogP contribution in [0.15, 0.2) is 43.5 Å². The number of aromatic amines is 1. The fraction of sp³-hybridized carbons (Fsp3) is 0.478. The van der Waals surface area contributed by atoms with E-state index in [1.807, 2.05) is 42.7 Å². The molecule has 0 amide bonds. The lowest BCUT2D eigenvalue weighted by Gasteiger charge is -2.36. The molecule has 5 rings (SSSR count). The van der Waals surface area contributed by atoms with Crippen LogP contribution >= 0.6 is 11.8 Å². The highest BCUT2D eigenvalue weighted by atomic mass is 32.2. The van der Waals surface area contributed by atoms with Crippen LogP contribution in [0.4, 0.5) is 5.95 Å². The summed E-state index contributed by atoms with van der Waals surface area (Å²) in [5.41, 5.74) is 1.49. The van der Waals surface area contributed by atoms with Crippen LogP contribution in [0.3, 0.4) is 0 Å². The van der Waals surface area contributed by atoms with Crippen molar-refractivity contribution in [2.75, 3.05) is 23.7 Å². The lowest BCUT2D eigenvalue weighted by atomic mass is 10.2. The van der Waals surface area contributed by atoms with Crippen molar-refractivity contribution in [2.45, 2.75) is 44.7 Å². The second-order valence-corrected chi connectivity index (χ2v) is 10.0. The predicted octanol–water partition coefficient (Wildman–Crippen LogP) is 2.61. The Balaban J connectivity index is 1.46. The molecule has 0 unspecified atom stereocenters. The highest BCUT2D eigenvalue weighted by molar-refractivity contribution is 7.99. The molecular weight excluding hydrogens is 456 g/mol. The topological polar surface area (TPSA) is 111 Å². The number of nitrogens with zero attached hydrogens (tertiary/aromatic N) is 5. The molecule has 180 valence electrons. The van der Waals surface area contributed by atoms with Crippen LogP contribution in [-0.2, 0) is 18.3 Å². The lowest BCUT2D eigenvalue weighted by Crippen LogP contribution is -2.46. The minimum absolute atomic E-state index is 0.0336. The highest BCUT2D eigenvalue weighted by Crippen LogP contribution is 2.28. The van der Waals surface area contributed by atoms with Gasteiger partial charge in [0.1, 0.15) is 5.52 Å². The number of thioether (sulfide) groups is 1. The van der Waals surface area contributed by atoms with Crippen LogP contribution in [0.1, 0.15) is 20.8 Å². The van der Waals surface area contributed by atoms with Gasteiger partial charge in [-0.3, -0.25) is 14.3 Å². The summed E-state index contributed by atoms with van der Waals surface area (Å²) in [6.45, 7) is 8.04. The molecule has 10 nitrogen and oxygen atoms in total. The van der Waals surface area contributed by atoms with E-state index in [0.717, 1.165) is 16.9 Å². The van der Waals surface area contributed by atoms with Crippen molar-refractivity contribution < 1.29 is 9.15 Å². The molecule has 3 aromatic heterocycles. The fourth-order valence-corrected chi connectivity index (χ4v) is 5.31. The van der Waals surface area contributed by atoms with Crippen LogP contribution in [0.2, 0.25) is 0 Å². The van der Waals surface area contributed by atoms with Gasteiger partial charge < -0.3 is 18.6 Å². The number of oxazole rings is 1. The van der Waals surface area contributed by atoms with Gasteiger partial charge in [0.05, 0.1) is 12.2 Å². The monoisotopic (exact) mass is 484 g/mol. The molecule has 0 saturated carbocycles. The number of hydrogen-bond acceptors (Lipinski definition) is 8. The number of hydrogen-bond donors (Lipinski definition) is 1. The van der Waals surface area contributed by atoms with Crippen LogP contribution in [0.25, 0.3) is 22.3 Å². The molecule has 4 heterocycles. The number of ether oxygens (including phenoxy) is 1. The summed E-state index contributed by atoms with van der Waals surface area (Å²) in [6.07, 6.45) is 0.0671. The van der Waals surface area contributed by atoms with Gasteiger partial charge in [0.25, 0.3) is 10.8 Å². The number of fused-ring (bicyclic) bond motifs is 2. The number of anilines is 1. The second kappa shape index (κ2) is 8.95. The van der Waals surface area contributed by atoms with Gasteiger partial charge in [-0.15, -0.1) is 0 Å². The van der Waals surface area contributed by atoms with Crippen molar-refractivity contribution in [1.29, 1.82) is 0 Å². The predicted molar refractivity (Wildman–Crippen MR) is 132 cm³/mol. The zero-order valence-corrected chi connectivity index (χ0v) is 20.5. The maximum Gasteiger partial charge on any atom is 0.329 e. The smallest absolute Gasteiger partial charge is 0.329 e. The van der Waals surface area contributed by atoms with E-state index in [-0.39, 0.29) is 18.1 Å². The van der Waals surface area contributed by atoms with E-state index in [9.17, 15) is 9.59 Å². The number of benzene rings is 1. The zero-order chi connectivity index (χ0) is 24.0. The van der Waals surface area contributed by atoms with Crippen molar-refractivity contribution in [3.8, 4) is 0 Å². The summed E-state index contributed by atoms with van der Waals surface area (Å²) in [4.78, 5) is 38.9. The average Bonchev–Trinajstić information content (AvgIpc) is 3.37. The molecule has 34 heavy (non-hydrogen) atoms. The van der Waals surface area contributed by atoms with Gasteiger partial charge >= 0.3 is 5.69 Å². The van der Waals surface area contributed by atoms with Crippen LogP contribution in [0, 0.1) is 5.92 Å². The Kier molecular flexibility index (Phi) is 5.98. The fourth-order valence-electron chi connectivity index (χ4n) is 4.47. The molecule has 1 saturated heterocycles. The number of aryl methyl sites for hydroxylation is 1. The Bertz CT molecular complexity index is 1410. The molecule has 1 N–H and O–H groups in total. The van der Waals surface area contributed by atoms with E-state index in [1.165, 1.54) is 4.57 Å². The molecule has 0 bridgehead atoms. The standard InChI is InChI=1S/C23H28N6O4S/c1-13(12-34-23-24-16-7-5-6-8-17(16)33-23)9-29-18-19(27(4)22(31)26-20(18)30)25-21(29)28-10-14(2)32-15(3)11-28/h5-8,13-15H,9-12H2,1-4H3,(H,26,30,31)/t13-,14-,15+/m0/s1. The Morgan fingerprint density at radius 2 is 1.91 bits per heavy atom. The summed E-state index contributed by atoms with van der Waals surface area (Å²) in [7, 11) is 1.62. The second-order valence-electron chi connectivity index (χ2n) is 9.04. The van der Waals surface area contributed by atoms with Crippen molar-refractivity contribution in [1.82, 2.24) is 24.1 Å². The van der Waals surface area contributed by atoms with E-state index < -0.39 is 11.2 Å². The molecule has 11 heteroatoms. The first-order valence-corrected chi connectivity index (χ1v) is 12.4. The first-order chi connectivity index (χ1) is 16.3. The molecule has 1 aromatic carbocycles. The highest BCUT2D eigenvalue weighted by Gasteiger charge is 2.28. The van der Waals surface area contributed by atoms with Crippen molar-refractivity contribution in [3.05, 3.63) is 45.1 Å². The first-order valence-electron chi connectivity index (χ1n) is 11.4. The molecule has 1 fully saturated rings. The third kappa shape index (κ3) is 4.25. The molecular formula is C23H28N6O4S.